The zero-order valence-corrected chi connectivity index (χ0v) is 30.4. The molecule has 20 heteroatoms. The van der Waals surface area contributed by atoms with Gasteiger partial charge >= 0.3 is 11.9 Å². The smallest absolute Gasteiger partial charge is 0.372 e. The minimum absolute atomic E-state index is 0.0243. The van der Waals surface area contributed by atoms with E-state index in [1.54, 1.807) is 0 Å². The van der Waals surface area contributed by atoms with Crippen LogP contribution in [-0.2, 0) is 51.4 Å². The minimum Gasteiger partial charge on any atom is -0.475 e. The Labute approximate surface area is 324 Å². The second-order valence-corrected chi connectivity index (χ2v) is 12.2. The van der Waals surface area contributed by atoms with Crippen molar-refractivity contribution in [3.63, 3.8) is 0 Å². The molecule has 0 amide bonds. The van der Waals surface area contributed by atoms with Crippen LogP contribution in [0.1, 0.15) is 92.6 Å². The van der Waals surface area contributed by atoms with Gasteiger partial charge in [-0.15, -0.1) is 0 Å². The van der Waals surface area contributed by atoms with Crippen LogP contribution in [0.4, 0.5) is 8.78 Å². The molecule has 0 atom stereocenters. The number of nitrogens with zero attached hydrogens (tertiary/aromatic N) is 4. The minimum atomic E-state index is -1.81. The van der Waals surface area contributed by atoms with Gasteiger partial charge in [0.1, 0.15) is 34.4 Å². The summed E-state index contributed by atoms with van der Waals surface area (Å²) < 4.78 is 28.3. The maximum Gasteiger partial charge on any atom is 0.372 e. The summed E-state index contributed by atoms with van der Waals surface area (Å²) in [4.78, 5) is 138. The molecule has 0 bridgehead atoms. The van der Waals surface area contributed by atoms with Crippen LogP contribution in [0.5, 0.6) is 0 Å². The van der Waals surface area contributed by atoms with Crippen molar-refractivity contribution < 1.29 is 76.5 Å². The van der Waals surface area contributed by atoms with Crippen molar-refractivity contribution in [1.29, 1.82) is 0 Å². The van der Waals surface area contributed by atoms with Crippen molar-refractivity contribution in [3.05, 3.63) is 106 Å². The molecule has 0 saturated carbocycles. The van der Waals surface area contributed by atoms with Gasteiger partial charge in [0.05, 0.1) is 38.8 Å². The number of halogens is 2. The van der Waals surface area contributed by atoms with E-state index in [0.29, 0.717) is 11.1 Å². The molecule has 0 unspecified atom stereocenters. The number of benzene rings is 2. The fourth-order valence-electron chi connectivity index (χ4n) is 4.67. The maximum atomic E-state index is 13.1. The van der Waals surface area contributed by atoms with Gasteiger partial charge in [-0.2, -0.15) is 10.2 Å². The topological polar surface area (TPSA) is 281 Å². The lowest BCUT2D eigenvalue weighted by molar-refractivity contribution is -0.148. The van der Waals surface area contributed by atoms with Crippen LogP contribution in [-0.4, -0.2) is 99.5 Å². The lowest BCUT2D eigenvalue weighted by Gasteiger charge is -2.06. The lowest BCUT2D eigenvalue weighted by atomic mass is 10.1. The third-order valence-corrected chi connectivity index (χ3v) is 7.74. The van der Waals surface area contributed by atoms with Crippen LogP contribution in [0.3, 0.4) is 0 Å². The van der Waals surface area contributed by atoms with Crippen molar-refractivity contribution in [2.45, 2.75) is 52.6 Å². The highest BCUT2D eigenvalue weighted by molar-refractivity contribution is 6.41. The fraction of sp³-hybridized carbons (Fsp3) is 0.211. The highest BCUT2D eigenvalue weighted by atomic mass is 19.1. The lowest BCUT2D eigenvalue weighted by Crippen LogP contribution is -2.20. The van der Waals surface area contributed by atoms with Gasteiger partial charge in [0.2, 0.25) is 23.1 Å². The predicted octanol–water partition coefficient (Wildman–Crippen LogP) is 2.06. The number of hydrogen-bond acceptors (Lipinski definition) is 14. The van der Waals surface area contributed by atoms with E-state index >= 15 is 0 Å². The molecule has 0 fully saturated rings. The third kappa shape index (κ3) is 12.7. The number of carboxylic acid groups (broad SMARTS) is 2. The van der Waals surface area contributed by atoms with Crippen LogP contribution in [0.25, 0.3) is 0 Å². The van der Waals surface area contributed by atoms with E-state index in [4.69, 9.17) is 10.2 Å². The standard InChI is InChI=1S/C20H17FN2O6.C18H13FN2O8/c1-11(24)17(26)8-19(28)15-7-16(20(29)9-18(27)12(2)25)23(22-15)10-13-3-5-14(21)6-4-13;19-10-3-1-9(2-4-10)8-21-12(14(23)7-16(25)18(28)29)5-11(20-21)13(22)6-15(24)17(26)27/h3-7H,8-10H2,1-2H3;1-5H,6-8H2,(H,26,27)(H,28,29). The molecule has 58 heavy (non-hydrogen) atoms. The van der Waals surface area contributed by atoms with E-state index in [2.05, 4.69) is 10.2 Å². The molecular formula is C38H30F2N4O14. The van der Waals surface area contributed by atoms with E-state index in [0.717, 1.165) is 47.5 Å². The Morgan fingerprint density at radius 1 is 0.483 bits per heavy atom. The summed E-state index contributed by atoms with van der Waals surface area (Å²) in [5.41, 5.74) is -0.0419. The fourth-order valence-corrected chi connectivity index (χ4v) is 4.67. The zero-order valence-electron chi connectivity index (χ0n) is 30.4. The molecule has 0 radical (unpaired) electrons. The highest BCUT2D eigenvalue weighted by Gasteiger charge is 2.27. The second kappa shape index (κ2) is 19.8. The van der Waals surface area contributed by atoms with E-state index < -0.39 is 113 Å². The summed E-state index contributed by atoms with van der Waals surface area (Å²) in [6.45, 7) is 1.91. The first-order chi connectivity index (χ1) is 27.2. The van der Waals surface area contributed by atoms with Crippen molar-refractivity contribution in [1.82, 2.24) is 19.6 Å². The van der Waals surface area contributed by atoms with E-state index in [1.165, 1.54) is 36.4 Å². The van der Waals surface area contributed by atoms with Crippen molar-refractivity contribution in [3.8, 4) is 0 Å². The molecule has 4 rings (SSSR count). The number of ketones is 10. The maximum absolute atomic E-state index is 13.1. The SMILES string of the molecule is CC(=O)C(=O)CC(=O)c1cc(C(=O)CC(=O)C(C)=O)n(Cc2ccc(F)cc2)n1.O=C(O)C(=O)CC(=O)c1cc(C(=O)CC(=O)C(=O)O)n(Cc2ccc(F)cc2)n1. The molecular weight excluding hydrogens is 774 g/mol. The van der Waals surface area contributed by atoms with Crippen LogP contribution in [0.15, 0.2) is 60.7 Å². The van der Waals surface area contributed by atoms with Gasteiger partial charge in [-0.3, -0.25) is 57.3 Å². The Kier molecular flexibility index (Phi) is 15.3. The van der Waals surface area contributed by atoms with Gasteiger partial charge < -0.3 is 10.2 Å². The van der Waals surface area contributed by atoms with E-state index in [1.807, 2.05) is 0 Å². The van der Waals surface area contributed by atoms with Crippen molar-refractivity contribution in [2.75, 3.05) is 0 Å². The number of carbonyl (C=O) groups excluding carboxylic acids is 10. The first-order valence-corrected chi connectivity index (χ1v) is 16.5. The summed E-state index contributed by atoms with van der Waals surface area (Å²) in [5.74, 6) is -14.2. The molecule has 300 valence electrons. The van der Waals surface area contributed by atoms with Gasteiger partial charge in [0.25, 0.3) is 0 Å². The molecule has 0 saturated heterocycles. The van der Waals surface area contributed by atoms with Crippen molar-refractivity contribution >= 4 is 69.8 Å². The Morgan fingerprint density at radius 2 is 0.776 bits per heavy atom. The van der Waals surface area contributed by atoms with Crippen LogP contribution < -0.4 is 0 Å². The van der Waals surface area contributed by atoms with Crippen LogP contribution in [0, 0.1) is 11.6 Å². The number of aliphatic carboxylic acids is 2. The number of Topliss-reactive ketones (excluding diaryl/α,β-unsaturated/α-hetero) is 10. The molecule has 18 nitrogen and oxygen atoms in total. The largest absolute Gasteiger partial charge is 0.475 e. The van der Waals surface area contributed by atoms with E-state index in [9.17, 15) is 66.3 Å². The average Bonchev–Trinajstić information content (AvgIpc) is 3.78. The quantitative estimate of drug-likeness (QED) is 0.0734. The summed E-state index contributed by atoms with van der Waals surface area (Å²) in [7, 11) is 0. The Balaban J connectivity index is 0.000000310. The molecule has 2 aromatic carbocycles. The third-order valence-electron chi connectivity index (χ3n) is 7.74. The molecule has 2 aromatic heterocycles. The molecule has 4 aromatic rings. The Hall–Kier alpha value is -7.64. The van der Waals surface area contributed by atoms with Gasteiger partial charge in [-0.05, 0) is 47.5 Å². The molecule has 0 aliphatic rings. The number of rotatable bonds is 20. The number of carbonyl (C=O) groups is 12. The zero-order chi connectivity index (χ0) is 43.4. The Morgan fingerprint density at radius 3 is 1.09 bits per heavy atom. The molecule has 0 aliphatic heterocycles. The summed E-state index contributed by atoms with van der Waals surface area (Å²) >= 11 is 0. The highest BCUT2D eigenvalue weighted by Crippen LogP contribution is 2.16. The van der Waals surface area contributed by atoms with Gasteiger partial charge in [-0.25, -0.2) is 18.4 Å². The van der Waals surface area contributed by atoms with Crippen LogP contribution >= 0.6 is 0 Å². The molecule has 0 spiro atoms. The predicted molar refractivity (Wildman–Crippen MR) is 188 cm³/mol. The molecule has 0 aliphatic carbocycles. The first-order valence-electron chi connectivity index (χ1n) is 16.5. The normalized spacial score (nSPS) is 10.4. The monoisotopic (exact) mass is 804 g/mol. The van der Waals surface area contributed by atoms with Crippen molar-refractivity contribution in [2.24, 2.45) is 0 Å². The summed E-state index contributed by atoms with van der Waals surface area (Å²) in [5, 5.41) is 25.1. The van der Waals surface area contributed by atoms with E-state index in [-0.39, 0.29) is 30.2 Å². The second-order valence-electron chi connectivity index (χ2n) is 12.2. The molecule has 2 N–H and O–H groups in total. The van der Waals surface area contributed by atoms with Gasteiger partial charge in [0, 0.05) is 13.8 Å². The average molecular weight is 805 g/mol. The number of carboxylic acids is 2. The summed E-state index contributed by atoms with van der Waals surface area (Å²) in [6.07, 6.45) is -3.40. The Bertz CT molecular complexity index is 2210. The van der Waals surface area contributed by atoms with Crippen LogP contribution in [0.2, 0.25) is 0 Å². The number of aromatic nitrogens is 4. The van der Waals surface area contributed by atoms with Gasteiger partial charge in [-0.1, -0.05) is 24.3 Å². The first kappa shape index (κ1) is 44.8. The molecule has 2 heterocycles. The summed E-state index contributed by atoms with van der Waals surface area (Å²) in [6, 6.07) is 12.4. The van der Waals surface area contributed by atoms with Gasteiger partial charge in [0.15, 0.2) is 34.7 Å². The number of hydrogen-bond donors (Lipinski definition) is 2.